The molecule has 3 heterocycles. The highest BCUT2D eigenvalue weighted by Crippen LogP contribution is 2.26. The zero-order valence-corrected chi connectivity index (χ0v) is 10.4. The molecule has 3 aromatic rings. The van der Waals surface area contributed by atoms with Crippen LogP contribution in [0, 0.1) is 0 Å². The minimum atomic E-state index is 0.732. The van der Waals surface area contributed by atoms with E-state index in [4.69, 9.17) is 0 Å². The average Bonchev–Trinajstić information content (AvgIpc) is 3.08. The van der Waals surface area contributed by atoms with E-state index in [-0.39, 0.29) is 0 Å². The molecule has 0 atom stereocenters. The van der Waals surface area contributed by atoms with E-state index >= 15 is 0 Å². The van der Waals surface area contributed by atoms with E-state index in [2.05, 4.69) is 31.9 Å². The van der Waals surface area contributed by atoms with Gasteiger partial charge in [-0.2, -0.15) is 5.10 Å². The Balaban J connectivity index is 1.76. The second-order valence-electron chi connectivity index (χ2n) is 3.84. The first-order valence-corrected chi connectivity index (χ1v) is 6.51. The SMILES string of the molecule is c1cncc(NCc2cn[nH]c2-c2cccs2)c1. The highest BCUT2D eigenvalue weighted by molar-refractivity contribution is 7.13. The van der Waals surface area contributed by atoms with E-state index in [0.717, 1.165) is 23.5 Å². The minimum absolute atomic E-state index is 0.732. The topological polar surface area (TPSA) is 53.6 Å². The molecular formula is C13H12N4S. The van der Waals surface area contributed by atoms with E-state index in [1.54, 1.807) is 17.5 Å². The molecule has 5 heteroatoms. The molecule has 0 aliphatic rings. The van der Waals surface area contributed by atoms with Gasteiger partial charge >= 0.3 is 0 Å². The van der Waals surface area contributed by atoms with Crippen LogP contribution in [0.25, 0.3) is 10.6 Å². The number of rotatable bonds is 4. The van der Waals surface area contributed by atoms with Crippen LogP contribution in [-0.4, -0.2) is 15.2 Å². The maximum Gasteiger partial charge on any atom is 0.0799 e. The fraction of sp³-hybridized carbons (Fsp3) is 0.0769. The van der Waals surface area contributed by atoms with E-state index in [1.807, 2.05) is 30.6 Å². The van der Waals surface area contributed by atoms with Gasteiger partial charge in [0.15, 0.2) is 0 Å². The number of H-pyrrole nitrogens is 1. The van der Waals surface area contributed by atoms with Gasteiger partial charge in [-0.15, -0.1) is 11.3 Å². The smallest absolute Gasteiger partial charge is 0.0799 e. The summed E-state index contributed by atoms with van der Waals surface area (Å²) in [6.45, 7) is 0.732. The van der Waals surface area contributed by atoms with Crippen molar-refractivity contribution in [1.29, 1.82) is 0 Å². The molecule has 0 aliphatic heterocycles. The first-order valence-electron chi connectivity index (χ1n) is 5.63. The largest absolute Gasteiger partial charge is 0.380 e. The van der Waals surface area contributed by atoms with Crippen LogP contribution in [0.3, 0.4) is 0 Å². The summed E-state index contributed by atoms with van der Waals surface area (Å²) in [7, 11) is 0. The molecular weight excluding hydrogens is 244 g/mol. The van der Waals surface area contributed by atoms with Crippen LogP contribution < -0.4 is 5.32 Å². The lowest BCUT2D eigenvalue weighted by atomic mass is 10.2. The third-order valence-electron chi connectivity index (χ3n) is 2.63. The maximum absolute atomic E-state index is 4.12. The van der Waals surface area contributed by atoms with Crippen molar-refractivity contribution < 1.29 is 0 Å². The molecule has 0 saturated heterocycles. The van der Waals surface area contributed by atoms with Gasteiger partial charge in [0.1, 0.15) is 0 Å². The Morgan fingerprint density at radius 2 is 2.22 bits per heavy atom. The van der Waals surface area contributed by atoms with Crippen LogP contribution in [0.2, 0.25) is 0 Å². The van der Waals surface area contributed by atoms with Crippen LogP contribution in [0.5, 0.6) is 0 Å². The van der Waals surface area contributed by atoms with E-state index in [0.29, 0.717) is 0 Å². The van der Waals surface area contributed by atoms with Gasteiger partial charge in [-0.1, -0.05) is 6.07 Å². The predicted molar refractivity (Wildman–Crippen MR) is 73.5 cm³/mol. The molecule has 0 fully saturated rings. The monoisotopic (exact) mass is 256 g/mol. The molecule has 0 unspecified atom stereocenters. The molecule has 0 bridgehead atoms. The molecule has 90 valence electrons. The number of aromatic nitrogens is 3. The van der Waals surface area contributed by atoms with Crippen molar-refractivity contribution in [1.82, 2.24) is 15.2 Å². The number of thiophene rings is 1. The number of hydrogen-bond donors (Lipinski definition) is 2. The lowest BCUT2D eigenvalue weighted by molar-refractivity contribution is 1.10. The maximum atomic E-state index is 4.12. The van der Waals surface area contributed by atoms with Gasteiger partial charge in [0.25, 0.3) is 0 Å². The molecule has 0 radical (unpaired) electrons. The second kappa shape index (κ2) is 5.01. The third kappa shape index (κ3) is 2.26. The Morgan fingerprint density at radius 1 is 1.22 bits per heavy atom. The Labute approximate surface area is 109 Å². The molecule has 0 amide bonds. The summed E-state index contributed by atoms with van der Waals surface area (Å²) >= 11 is 1.71. The zero-order chi connectivity index (χ0) is 12.2. The van der Waals surface area contributed by atoms with E-state index < -0.39 is 0 Å². The van der Waals surface area contributed by atoms with Gasteiger partial charge in [0.2, 0.25) is 0 Å². The Morgan fingerprint density at radius 3 is 3.00 bits per heavy atom. The molecule has 4 nitrogen and oxygen atoms in total. The van der Waals surface area contributed by atoms with Crippen molar-refractivity contribution in [3.05, 3.63) is 53.8 Å². The first-order chi connectivity index (χ1) is 8.93. The van der Waals surface area contributed by atoms with Gasteiger partial charge in [-0.3, -0.25) is 10.1 Å². The summed E-state index contributed by atoms with van der Waals surface area (Å²) in [6, 6.07) is 8.04. The predicted octanol–water partition coefficient (Wildman–Crippen LogP) is 3.15. The molecule has 0 aliphatic carbocycles. The highest BCUT2D eigenvalue weighted by Gasteiger charge is 2.08. The van der Waals surface area contributed by atoms with E-state index in [1.165, 1.54) is 4.88 Å². The molecule has 0 spiro atoms. The highest BCUT2D eigenvalue weighted by atomic mass is 32.1. The third-order valence-corrected chi connectivity index (χ3v) is 3.52. The molecule has 3 rings (SSSR count). The number of nitrogens with zero attached hydrogens (tertiary/aromatic N) is 2. The summed E-state index contributed by atoms with van der Waals surface area (Å²) in [5, 5.41) is 12.6. The lowest BCUT2D eigenvalue weighted by Gasteiger charge is -2.05. The first kappa shape index (κ1) is 11.0. The van der Waals surface area contributed by atoms with Gasteiger partial charge in [-0.25, -0.2) is 0 Å². The van der Waals surface area contributed by atoms with Crippen LogP contribution in [0.4, 0.5) is 5.69 Å². The van der Waals surface area contributed by atoms with Gasteiger partial charge in [0.05, 0.1) is 22.5 Å². The Hall–Kier alpha value is -2.14. The van der Waals surface area contributed by atoms with Crippen LogP contribution in [0.1, 0.15) is 5.56 Å². The Kier molecular flexibility index (Phi) is 3.06. The molecule has 18 heavy (non-hydrogen) atoms. The second-order valence-corrected chi connectivity index (χ2v) is 4.79. The molecule has 0 aromatic carbocycles. The summed E-state index contributed by atoms with van der Waals surface area (Å²) in [4.78, 5) is 5.28. The van der Waals surface area contributed by atoms with Gasteiger partial charge < -0.3 is 5.32 Å². The lowest BCUT2D eigenvalue weighted by Crippen LogP contribution is -1.99. The van der Waals surface area contributed by atoms with Crippen molar-refractivity contribution in [2.75, 3.05) is 5.32 Å². The fourth-order valence-electron chi connectivity index (χ4n) is 1.74. The van der Waals surface area contributed by atoms with Crippen molar-refractivity contribution in [3.8, 4) is 10.6 Å². The van der Waals surface area contributed by atoms with Crippen molar-refractivity contribution >= 4 is 17.0 Å². The fourth-order valence-corrected chi connectivity index (χ4v) is 2.50. The van der Waals surface area contributed by atoms with Crippen molar-refractivity contribution in [3.63, 3.8) is 0 Å². The summed E-state index contributed by atoms with van der Waals surface area (Å²) < 4.78 is 0. The van der Waals surface area contributed by atoms with Crippen molar-refractivity contribution in [2.45, 2.75) is 6.54 Å². The van der Waals surface area contributed by atoms with Crippen LogP contribution >= 0.6 is 11.3 Å². The number of aromatic amines is 1. The summed E-state index contributed by atoms with van der Waals surface area (Å²) in [6.07, 6.45) is 5.43. The number of nitrogens with one attached hydrogen (secondary N) is 2. The average molecular weight is 256 g/mol. The molecule has 0 saturated carbocycles. The van der Waals surface area contributed by atoms with Crippen LogP contribution in [0.15, 0.2) is 48.2 Å². The Bertz CT molecular complexity index is 601. The molecule has 2 N–H and O–H groups in total. The van der Waals surface area contributed by atoms with Gasteiger partial charge in [-0.05, 0) is 23.6 Å². The summed E-state index contributed by atoms with van der Waals surface area (Å²) in [5.41, 5.74) is 3.25. The van der Waals surface area contributed by atoms with E-state index in [9.17, 15) is 0 Å². The number of hydrogen-bond acceptors (Lipinski definition) is 4. The zero-order valence-electron chi connectivity index (χ0n) is 9.63. The standard InChI is InChI=1S/C13H12N4S/c1-3-11(9-14-5-1)15-7-10-8-16-17-13(10)12-4-2-6-18-12/h1-6,8-9,15H,7H2,(H,16,17). The van der Waals surface area contributed by atoms with Crippen LogP contribution in [-0.2, 0) is 6.54 Å². The minimum Gasteiger partial charge on any atom is -0.380 e. The number of pyridine rings is 1. The number of anilines is 1. The molecule has 3 aromatic heterocycles. The summed E-state index contributed by atoms with van der Waals surface area (Å²) in [5.74, 6) is 0. The quantitative estimate of drug-likeness (QED) is 0.754. The van der Waals surface area contributed by atoms with Crippen molar-refractivity contribution in [2.24, 2.45) is 0 Å². The van der Waals surface area contributed by atoms with Gasteiger partial charge in [0, 0.05) is 24.5 Å². The normalized spacial score (nSPS) is 10.4.